The van der Waals surface area contributed by atoms with Gasteiger partial charge in [-0.25, -0.2) is 0 Å². The summed E-state index contributed by atoms with van der Waals surface area (Å²) >= 11 is 0. The molecule has 0 amide bonds. The molecule has 0 saturated heterocycles. The maximum absolute atomic E-state index is 9.25. The monoisotopic (exact) mass is 161 g/mol. The number of aromatic nitrogens is 1. The van der Waals surface area contributed by atoms with Crippen molar-refractivity contribution in [2.24, 2.45) is 0 Å². The molecule has 0 aromatic carbocycles. The van der Waals surface area contributed by atoms with Gasteiger partial charge in [0.15, 0.2) is 6.10 Å². The molecule has 0 unspecified atom stereocenters. The molecule has 1 aromatic heterocycles. The van der Waals surface area contributed by atoms with Gasteiger partial charge in [-0.3, -0.25) is 4.98 Å². The fraction of sp³-hybridized carbons (Fsp3) is 0.300. The second-order valence-electron chi connectivity index (χ2n) is 2.71. The Labute approximate surface area is 72.3 Å². The molecule has 0 spiro atoms. The smallest absolute Gasteiger partial charge is 0.156 e. The van der Waals surface area contributed by atoms with Gasteiger partial charge in [-0.2, -0.15) is 0 Å². The summed E-state index contributed by atoms with van der Waals surface area (Å²) in [6.07, 6.45) is 4.17. The largest absolute Gasteiger partial charge is 0.374 e. The molecule has 2 nitrogen and oxygen atoms in total. The van der Waals surface area contributed by atoms with Gasteiger partial charge < -0.3 is 5.11 Å². The maximum atomic E-state index is 9.25. The molecule has 12 heavy (non-hydrogen) atoms. The predicted octanol–water partition coefficient (Wildman–Crippen LogP) is 1.37. The average molecular weight is 161 g/mol. The van der Waals surface area contributed by atoms with Crippen LogP contribution in [0, 0.1) is 26.2 Å². The van der Waals surface area contributed by atoms with Crippen molar-refractivity contribution in [2.75, 3.05) is 0 Å². The van der Waals surface area contributed by atoms with Crippen LogP contribution in [0.5, 0.6) is 0 Å². The third kappa shape index (κ3) is 1.63. The summed E-state index contributed by atoms with van der Waals surface area (Å²) < 4.78 is 0. The fourth-order valence-electron chi connectivity index (χ4n) is 0.888. The molecule has 0 bridgehead atoms. The standard InChI is InChI=1S/C10H11NO/c1-4-10(12)9-6-5-7(2)8(3)11-9/h1,5-6,10,12H,2-3H3/t10-/m0/s1. The predicted molar refractivity (Wildman–Crippen MR) is 47.5 cm³/mol. The number of nitrogens with zero attached hydrogens (tertiary/aromatic N) is 1. The summed E-state index contributed by atoms with van der Waals surface area (Å²) in [6.45, 7) is 3.86. The van der Waals surface area contributed by atoms with Crippen LogP contribution in [0.1, 0.15) is 23.1 Å². The number of hydrogen-bond acceptors (Lipinski definition) is 2. The molecule has 2 heteroatoms. The van der Waals surface area contributed by atoms with Crippen LogP contribution in [0.3, 0.4) is 0 Å². The molecule has 0 saturated carbocycles. The Kier molecular flexibility index (Phi) is 2.47. The van der Waals surface area contributed by atoms with E-state index in [2.05, 4.69) is 10.9 Å². The number of aryl methyl sites for hydroxylation is 2. The van der Waals surface area contributed by atoms with Gasteiger partial charge in [0.1, 0.15) is 0 Å². The number of rotatable bonds is 1. The van der Waals surface area contributed by atoms with E-state index in [1.54, 1.807) is 6.07 Å². The molecular weight excluding hydrogens is 150 g/mol. The Bertz CT molecular complexity index is 325. The van der Waals surface area contributed by atoms with E-state index < -0.39 is 6.10 Å². The lowest BCUT2D eigenvalue weighted by Gasteiger charge is -2.05. The lowest BCUT2D eigenvalue weighted by atomic mass is 10.1. The van der Waals surface area contributed by atoms with E-state index in [0.29, 0.717) is 5.69 Å². The topological polar surface area (TPSA) is 33.1 Å². The Morgan fingerprint density at radius 2 is 2.17 bits per heavy atom. The van der Waals surface area contributed by atoms with E-state index in [4.69, 9.17) is 6.42 Å². The van der Waals surface area contributed by atoms with Crippen LogP contribution in [0.15, 0.2) is 12.1 Å². The quantitative estimate of drug-likeness (QED) is 0.631. The van der Waals surface area contributed by atoms with Crippen molar-refractivity contribution in [1.29, 1.82) is 0 Å². The average Bonchev–Trinajstić information content (AvgIpc) is 2.08. The van der Waals surface area contributed by atoms with Gasteiger partial charge in [-0.1, -0.05) is 12.0 Å². The highest BCUT2D eigenvalue weighted by atomic mass is 16.3. The first-order valence-electron chi connectivity index (χ1n) is 3.73. The molecule has 1 rings (SSSR count). The zero-order chi connectivity index (χ0) is 9.14. The highest BCUT2D eigenvalue weighted by Gasteiger charge is 2.05. The lowest BCUT2D eigenvalue weighted by Crippen LogP contribution is -1.99. The molecular formula is C10H11NO. The third-order valence-electron chi connectivity index (χ3n) is 1.81. The molecule has 1 heterocycles. The summed E-state index contributed by atoms with van der Waals surface area (Å²) in [7, 11) is 0. The molecule has 0 aliphatic heterocycles. The highest BCUT2D eigenvalue weighted by Crippen LogP contribution is 2.11. The summed E-state index contributed by atoms with van der Waals surface area (Å²) in [6, 6.07) is 3.64. The van der Waals surface area contributed by atoms with Crippen molar-refractivity contribution >= 4 is 0 Å². The Balaban J connectivity index is 3.06. The van der Waals surface area contributed by atoms with Crippen LogP contribution in [-0.2, 0) is 0 Å². The Morgan fingerprint density at radius 3 is 2.67 bits per heavy atom. The molecule has 1 aromatic rings. The number of pyridine rings is 1. The number of terminal acetylenes is 1. The van der Waals surface area contributed by atoms with E-state index >= 15 is 0 Å². The Morgan fingerprint density at radius 1 is 1.50 bits per heavy atom. The highest BCUT2D eigenvalue weighted by molar-refractivity contribution is 5.24. The van der Waals surface area contributed by atoms with Gasteiger partial charge in [-0.15, -0.1) is 6.42 Å². The summed E-state index contributed by atoms with van der Waals surface area (Å²) in [5.41, 5.74) is 2.55. The van der Waals surface area contributed by atoms with E-state index in [1.165, 1.54) is 0 Å². The van der Waals surface area contributed by atoms with Gasteiger partial charge in [0, 0.05) is 5.69 Å². The SMILES string of the molecule is C#C[C@H](O)c1ccc(C)c(C)n1. The minimum atomic E-state index is -0.885. The van der Waals surface area contributed by atoms with Gasteiger partial charge in [0.2, 0.25) is 0 Å². The van der Waals surface area contributed by atoms with Crippen LogP contribution in [0.25, 0.3) is 0 Å². The maximum Gasteiger partial charge on any atom is 0.156 e. The lowest BCUT2D eigenvalue weighted by molar-refractivity contribution is 0.233. The van der Waals surface area contributed by atoms with Crippen LogP contribution in [-0.4, -0.2) is 10.1 Å². The normalized spacial score (nSPS) is 12.2. The second-order valence-corrected chi connectivity index (χ2v) is 2.71. The molecule has 0 fully saturated rings. The zero-order valence-electron chi connectivity index (χ0n) is 7.20. The van der Waals surface area contributed by atoms with Crippen molar-refractivity contribution in [3.05, 3.63) is 29.1 Å². The fourth-order valence-corrected chi connectivity index (χ4v) is 0.888. The molecule has 0 aliphatic carbocycles. The van der Waals surface area contributed by atoms with Crippen LogP contribution in [0.2, 0.25) is 0 Å². The molecule has 1 N–H and O–H groups in total. The van der Waals surface area contributed by atoms with Crippen molar-refractivity contribution in [1.82, 2.24) is 4.98 Å². The summed E-state index contributed by atoms with van der Waals surface area (Å²) in [5, 5.41) is 9.25. The van der Waals surface area contributed by atoms with E-state index in [9.17, 15) is 5.11 Å². The van der Waals surface area contributed by atoms with Gasteiger partial charge >= 0.3 is 0 Å². The van der Waals surface area contributed by atoms with E-state index in [0.717, 1.165) is 11.3 Å². The summed E-state index contributed by atoms with van der Waals surface area (Å²) in [5.74, 6) is 2.22. The first-order chi connectivity index (χ1) is 5.65. The Hall–Kier alpha value is -1.33. The van der Waals surface area contributed by atoms with Crippen molar-refractivity contribution in [3.8, 4) is 12.3 Å². The van der Waals surface area contributed by atoms with Gasteiger partial charge in [0.25, 0.3) is 0 Å². The molecule has 0 aliphatic rings. The zero-order valence-corrected chi connectivity index (χ0v) is 7.20. The third-order valence-corrected chi connectivity index (χ3v) is 1.81. The van der Waals surface area contributed by atoms with Crippen molar-refractivity contribution in [3.63, 3.8) is 0 Å². The molecule has 1 atom stereocenters. The summed E-state index contributed by atoms with van der Waals surface area (Å²) in [4.78, 5) is 4.15. The minimum absolute atomic E-state index is 0.542. The number of aliphatic hydroxyl groups excluding tert-OH is 1. The van der Waals surface area contributed by atoms with Crippen LogP contribution < -0.4 is 0 Å². The van der Waals surface area contributed by atoms with E-state index in [1.807, 2.05) is 19.9 Å². The van der Waals surface area contributed by atoms with E-state index in [-0.39, 0.29) is 0 Å². The first-order valence-corrected chi connectivity index (χ1v) is 3.73. The van der Waals surface area contributed by atoms with Crippen molar-refractivity contribution in [2.45, 2.75) is 20.0 Å². The second kappa shape index (κ2) is 3.38. The molecule has 0 radical (unpaired) electrons. The molecule has 62 valence electrons. The van der Waals surface area contributed by atoms with Gasteiger partial charge in [0.05, 0.1) is 5.69 Å². The first kappa shape index (κ1) is 8.76. The van der Waals surface area contributed by atoms with Crippen LogP contribution in [0.4, 0.5) is 0 Å². The minimum Gasteiger partial charge on any atom is -0.374 e. The number of hydrogen-bond donors (Lipinski definition) is 1. The van der Waals surface area contributed by atoms with Crippen LogP contribution >= 0.6 is 0 Å². The van der Waals surface area contributed by atoms with Gasteiger partial charge in [-0.05, 0) is 25.5 Å². The number of aliphatic hydroxyl groups is 1. The van der Waals surface area contributed by atoms with Crippen molar-refractivity contribution < 1.29 is 5.11 Å².